The second-order valence-corrected chi connectivity index (χ2v) is 7.14. The lowest BCUT2D eigenvalue weighted by molar-refractivity contribution is -0.143. The molecule has 0 aliphatic heterocycles. The van der Waals surface area contributed by atoms with E-state index in [9.17, 15) is 4.79 Å². The maximum absolute atomic E-state index is 11.6. The highest BCUT2D eigenvalue weighted by Crippen LogP contribution is 2.32. The normalized spacial score (nSPS) is 11.0. The predicted octanol–water partition coefficient (Wildman–Crippen LogP) is 5.19. The molecular weight excluding hydrogens is 362 g/mol. The van der Waals surface area contributed by atoms with E-state index in [1.54, 1.807) is 0 Å². The van der Waals surface area contributed by atoms with Gasteiger partial charge in [0, 0.05) is 35.6 Å². The molecule has 29 heavy (non-hydrogen) atoms. The Hall–Kier alpha value is -2.95. The van der Waals surface area contributed by atoms with Crippen LogP contribution in [0.15, 0.2) is 37.2 Å². The summed E-state index contributed by atoms with van der Waals surface area (Å²) in [6.45, 7) is 10.3. The molecule has 3 rings (SSSR count). The third-order valence-electron chi connectivity index (χ3n) is 5.19. The minimum absolute atomic E-state index is 0.125. The van der Waals surface area contributed by atoms with Crippen LogP contribution in [0.25, 0.3) is 22.7 Å². The first kappa shape index (κ1) is 20.8. The van der Waals surface area contributed by atoms with Crippen LogP contribution in [-0.2, 0) is 22.4 Å². The lowest BCUT2D eigenvalue weighted by Crippen LogP contribution is -2.07. The van der Waals surface area contributed by atoms with Crippen LogP contribution in [0.2, 0.25) is 0 Å². The molecule has 0 unspecified atom stereocenters. The van der Waals surface area contributed by atoms with Gasteiger partial charge in [0.1, 0.15) is 0 Å². The average molecular weight is 392 g/mol. The molecule has 0 saturated heterocycles. The van der Waals surface area contributed by atoms with Crippen molar-refractivity contribution in [3.63, 3.8) is 0 Å². The number of ether oxygens (including phenoxy) is 1. The molecule has 0 spiro atoms. The molecule has 0 aliphatic rings. The average Bonchev–Trinajstić information content (AvgIpc) is 3.13. The Morgan fingerprint density at radius 2 is 2.07 bits per heavy atom. The highest BCUT2D eigenvalue weighted by atomic mass is 16.5. The summed E-state index contributed by atoms with van der Waals surface area (Å²) in [5.74, 6) is -0.125. The predicted molar refractivity (Wildman–Crippen MR) is 117 cm³/mol. The Morgan fingerprint density at radius 1 is 1.24 bits per heavy atom. The van der Waals surface area contributed by atoms with Crippen LogP contribution in [0.4, 0.5) is 0 Å². The number of hydrogen-bond donors (Lipinski definition) is 0. The van der Waals surface area contributed by atoms with Gasteiger partial charge in [-0.15, -0.1) is 0 Å². The first-order valence-electron chi connectivity index (χ1n) is 10.3. The van der Waals surface area contributed by atoms with Crippen molar-refractivity contribution in [1.82, 2.24) is 14.6 Å². The number of hydrogen-bond acceptors (Lipinski definition) is 4. The zero-order chi connectivity index (χ0) is 20.8. The molecule has 3 heterocycles. The van der Waals surface area contributed by atoms with Gasteiger partial charge in [-0.25, -0.2) is 4.52 Å². The summed E-state index contributed by atoms with van der Waals surface area (Å²) in [6.07, 6.45) is 9.47. The minimum Gasteiger partial charge on any atom is -0.466 e. The van der Waals surface area contributed by atoms with E-state index in [1.807, 2.05) is 29.9 Å². The molecule has 0 aliphatic carbocycles. The van der Waals surface area contributed by atoms with Gasteiger partial charge in [-0.1, -0.05) is 19.6 Å². The summed E-state index contributed by atoms with van der Waals surface area (Å²) in [5, 5.41) is 4.86. The number of aryl methyl sites for hydroxylation is 2. The summed E-state index contributed by atoms with van der Waals surface area (Å²) < 4.78 is 7.09. The molecule has 5 nitrogen and oxygen atoms in total. The van der Waals surface area contributed by atoms with Crippen molar-refractivity contribution in [3.05, 3.63) is 59.7 Å². The van der Waals surface area contributed by atoms with Crippen molar-refractivity contribution in [1.29, 1.82) is 0 Å². The van der Waals surface area contributed by atoms with Crippen LogP contribution < -0.4 is 0 Å². The van der Waals surface area contributed by atoms with Crippen molar-refractivity contribution >= 4 is 17.6 Å². The van der Waals surface area contributed by atoms with E-state index >= 15 is 0 Å². The summed E-state index contributed by atoms with van der Waals surface area (Å²) in [4.78, 5) is 16.0. The first-order valence-corrected chi connectivity index (χ1v) is 10.3. The first-order chi connectivity index (χ1) is 14.1. The molecule has 0 bridgehead atoms. The fourth-order valence-corrected chi connectivity index (χ4v) is 3.73. The highest BCUT2D eigenvalue weighted by Gasteiger charge is 2.17. The van der Waals surface area contributed by atoms with E-state index in [0.717, 1.165) is 48.0 Å². The van der Waals surface area contributed by atoms with Crippen LogP contribution in [0, 0.1) is 6.92 Å². The van der Waals surface area contributed by atoms with Crippen LogP contribution >= 0.6 is 0 Å². The fourth-order valence-electron chi connectivity index (χ4n) is 3.73. The van der Waals surface area contributed by atoms with Crippen molar-refractivity contribution in [2.75, 3.05) is 6.61 Å². The summed E-state index contributed by atoms with van der Waals surface area (Å²) >= 11 is 0. The molecule has 0 amide bonds. The van der Waals surface area contributed by atoms with Crippen LogP contribution in [0.1, 0.15) is 55.6 Å². The number of carbonyl (C=O) groups excluding carboxylic acids is 1. The fraction of sp³-hybridized carbons (Fsp3) is 0.375. The monoisotopic (exact) mass is 391 g/mol. The second-order valence-electron chi connectivity index (χ2n) is 7.14. The molecule has 0 fully saturated rings. The van der Waals surface area contributed by atoms with Crippen LogP contribution in [0.5, 0.6) is 0 Å². The molecule has 5 heteroatoms. The number of carbonyl (C=O) groups is 1. The maximum atomic E-state index is 11.6. The van der Waals surface area contributed by atoms with E-state index < -0.39 is 0 Å². The Balaban J connectivity index is 2.00. The van der Waals surface area contributed by atoms with Crippen LogP contribution in [0.3, 0.4) is 0 Å². The van der Waals surface area contributed by atoms with Gasteiger partial charge in [-0.2, -0.15) is 5.10 Å². The molecule has 0 radical (unpaired) electrons. The number of fused-ring (bicyclic) bond motifs is 1. The Labute approximate surface area is 172 Å². The molecule has 3 aromatic heterocycles. The quantitative estimate of drug-likeness (QED) is 0.372. The Bertz CT molecular complexity index is 1020. The summed E-state index contributed by atoms with van der Waals surface area (Å²) in [7, 11) is 0. The SMILES string of the molecule is C=Cc1cncc(-c2c(CCCCC(=O)OCC)c(C)nn3c(CC)ccc23)c1. The van der Waals surface area contributed by atoms with E-state index in [2.05, 4.69) is 43.6 Å². The molecular formula is C24H29N3O2. The Morgan fingerprint density at radius 3 is 2.79 bits per heavy atom. The molecule has 3 aromatic rings. The topological polar surface area (TPSA) is 56.5 Å². The zero-order valence-electron chi connectivity index (χ0n) is 17.6. The number of esters is 1. The number of aromatic nitrogens is 3. The number of pyridine rings is 1. The van der Waals surface area contributed by atoms with Crippen LogP contribution in [-0.4, -0.2) is 27.2 Å². The summed E-state index contributed by atoms with van der Waals surface area (Å²) in [5.41, 5.74) is 7.74. The van der Waals surface area contributed by atoms with Gasteiger partial charge in [0.05, 0.1) is 17.8 Å². The number of rotatable bonds is 9. The van der Waals surface area contributed by atoms with E-state index in [-0.39, 0.29) is 5.97 Å². The third-order valence-corrected chi connectivity index (χ3v) is 5.19. The van der Waals surface area contributed by atoms with Gasteiger partial charge in [0.15, 0.2) is 0 Å². The van der Waals surface area contributed by atoms with Crippen molar-refractivity contribution in [2.45, 2.75) is 52.9 Å². The smallest absolute Gasteiger partial charge is 0.305 e. The Kier molecular flexibility index (Phi) is 6.81. The van der Waals surface area contributed by atoms with Crippen molar-refractivity contribution in [2.24, 2.45) is 0 Å². The largest absolute Gasteiger partial charge is 0.466 e. The molecule has 0 aromatic carbocycles. The highest BCUT2D eigenvalue weighted by molar-refractivity contribution is 5.84. The van der Waals surface area contributed by atoms with Gasteiger partial charge in [0.25, 0.3) is 0 Å². The minimum atomic E-state index is -0.125. The van der Waals surface area contributed by atoms with Crippen molar-refractivity contribution in [3.8, 4) is 11.1 Å². The van der Waals surface area contributed by atoms with Gasteiger partial charge < -0.3 is 4.74 Å². The molecule has 0 N–H and O–H groups in total. The van der Waals surface area contributed by atoms with Gasteiger partial charge in [-0.3, -0.25) is 9.78 Å². The molecule has 0 atom stereocenters. The number of unbranched alkanes of at least 4 members (excludes halogenated alkanes) is 1. The lowest BCUT2D eigenvalue weighted by atomic mass is 9.95. The zero-order valence-corrected chi connectivity index (χ0v) is 17.6. The van der Waals surface area contributed by atoms with Gasteiger partial charge >= 0.3 is 5.97 Å². The lowest BCUT2D eigenvalue weighted by Gasteiger charge is -2.16. The van der Waals surface area contributed by atoms with Crippen molar-refractivity contribution < 1.29 is 9.53 Å². The summed E-state index contributed by atoms with van der Waals surface area (Å²) in [6, 6.07) is 6.40. The second kappa shape index (κ2) is 9.50. The van der Waals surface area contributed by atoms with Gasteiger partial charge in [0.2, 0.25) is 0 Å². The van der Waals surface area contributed by atoms with E-state index in [0.29, 0.717) is 13.0 Å². The molecule has 152 valence electrons. The van der Waals surface area contributed by atoms with E-state index in [4.69, 9.17) is 9.84 Å². The third kappa shape index (κ3) is 4.56. The van der Waals surface area contributed by atoms with E-state index in [1.165, 1.54) is 16.8 Å². The standard InChI is InChI=1S/C24H29N3O2/c1-5-18-14-19(16-25-15-18)24-21(10-8-9-11-23(28)29-7-3)17(4)26-27-20(6-2)12-13-22(24)27/h5,12-16H,1,6-11H2,2-4H3. The molecule has 0 saturated carbocycles. The van der Waals surface area contributed by atoms with Gasteiger partial charge in [-0.05, 0) is 68.9 Å². The maximum Gasteiger partial charge on any atom is 0.305 e. The number of nitrogens with zero attached hydrogens (tertiary/aromatic N) is 3.